The predicted molar refractivity (Wildman–Crippen MR) is 100 cm³/mol. The van der Waals surface area contributed by atoms with Gasteiger partial charge in [0.25, 0.3) is 0 Å². The number of hydrogen-bond acceptors (Lipinski definition) is 3. The van der Waals surface area contributed by atoms with Crippen LogP contribution in [0.25, 0.3) is 6.08 Å². The second-order valence-corrected chi connectivity index (χ2v) is 6.06. The number of nitrogens with zero attached hydrogens (tertiary/aromatic N) is 1. The lowest BCUT2D eigenvalue weighted by Crippen LogP contribution is -2.43. The first-order valence-electron chi connectivity index (χ1n) is 8.70. The van der Waals surface area contributed by atoms with Crippen LogP contribution in [0.1, 0.15) is 17.2 Å². The Kier molecular flexibility index (Phi) is 6.37. The van der Waals surface area contributed by atoms with Gasteiger partial charge in [-0.05, 0) is 17.2 Å². The molecule has 130 valence electrons. The first-order chi connectivity index (χ1) is 12.3. The first-order valence-corrected chi connectivity index (χ1v) is 8.70. The van der Waals surface area contributed by atoms with E-state index >= 15 is 0 Å². The van der Waals surface area contributed by atoms with Gasteiger partial charge in [0.2, 0.25) is 5.91 Å². The molecule has 4 nitrogen and oxygen atoms in total. The molecule has 1 saturated heterocycles. The normalized spacial score (nSPS) is 16.6. The molecule has 1 aliphatic rings. The van der Waals surface area contributed by atoms with Crippen LogP contribution in [0, 0.1) is 0 Å². The molecule has 1 atom stereocenters. The van der Waals surface area contributed by atoms with Crippen molar-refractivity contribution in [1.82, 2.24) is 10.2 Å². The highest BCUT2D eigenvalue weighted by Crippen LogP contribution is 2.21. The number of rotatable bonds is 6. The molecule has 1 unspecified atom stereocenters. The number of benzene rings is 2. The van der Waals surface area contributed by atoms with Gasteiger partial charge < -0.3 is 10.1 Å². The molecule has 1 heterocycles. The maximum Gasteiger partial charge on any atom is 0.244 e. The van der Waals surface area contributed by atoms with Crippen molar-refractivity contribution in [3.05, 3.63) is 77.9 Å². The Hall–Kier alpha value is -2.43. The van der Waals surface area contributed by atoms with Gasteiger partial charge >= 0.3 is 0 Å². The summed E-state index contributed by atoms with van der Waals surface area (Å²) in [6.45, 7) is 3.84. The zero-order chi connectivity index (χ0) is 17.3. The van der Waals surface area contributed by atoms with E-state index in [1.807, 2.05) is 54.6 Å². The maximum absolute atomic E-state index is 12.2. The number of carbonyl (C=O) groups excluding carboxylic acids is 1. The molecule has 0 bridgehead atoms. The van der Waals surface area contributed by atoms with Crippen LogP contribution in [-0.4, -0.2) is 43.7 Å². The van der Waals surface area contributed by atoms with Crippen LogP contribution in [0.4, 0.5) is 0 Å². The minimum absolute atomic E-state index is 0.0713. The van der Waals surface area contributed by atoms with Gasteiger partial charge in [0.15, 0.2) is 0 Å². The molecule has 1 fully saturated rings. The molecule has 1 N–H and O–H groups in total. The molecule has 3 rings (SSSR count). The molecule has 1 amide bonds. The summed E-state index contributed by atoms with van der Waals surface area (Å²) in [6.07, 6.45) is 3.43. The van der Waals surface area contributed by atoms with E-state index in [0.29, 0.717) is 6.54 Å². The molecular formula is C21H24N2O2. The molecule has 4 heteroatoms. The van der Waals surface area contributed by atoms with Crippen molar-refractivity contribution in [2.75, 3.05) is 32.8 Å². The quantitative estimate of drug-likeness (QED) is 0.825. The van der Waals surface area contributed by atoms with E-state index in [1.165, 1.54) is 5.56 Å². The minimum atomic E-state index is -0.0713. The van der Waals surface area contributed by atoms with Crippen molar-refractivity contribution in [3.8, 4) is 0 Å². The zero-order valence-electron chi connectivity index (χ0n) is 14.3. The summed E-state index contributed by atoms with van der Waals surface area (Å²) in [4.78, 5) is 14.6. The highest BCUT2D eigenvalue weighted by atomic mass is 16.5. The Morgan fingerprint density at radius 2 is 1.68 bits per heavy atom. The van der Waals surface area contributed by atoms with Crippen molar-refractivity contribution < 1.29 is 9.53 Å². The van der Waals surface area contributed by atoms with Crippen LogP contribution in [0.15, 0.2) is 66.7 Å². The number of nitrogens with one attached hydrogen (secondary N) is 1. The molecule has 0 aromatic heterocycles. The van der Waals surface area contributed by atoms with Gasteiger partial charge in [-0.2, -0.15) is 0 Å². The number of carbonyl (C=O) groups is 1. The van der Waals surface area contributed by atoms with Crippen molar-refractivity contribution in [2.45, 2.75) is 6.04 Å². The summed E-state index contributed by atoms with van der Waals surface area (Å²) in [5.74, 6) is -0.0713. The van der Waals surface area contributed by atoms with Gasteiger partial charge in [0, 0.05) is 25.7 Å². The van der Waals surface area contributed by atoms with Gasteiger partial charge in [-0.1, -0.05) is 60.7 Å². The topological polar surface area (TPSA) is 41.6 Å². The van der Waals surface area contributed by atoms with Crippen LogP contribution in [0.2, 0.25) is 0 Å². The lowest BCUT2D eigenvalue weighted by Gasteiger charge is -2.34. The van der Waals surface area contributed by atoms with Gasteiger partial charge in [-0.15, -0.1) is 0 Å². The first kappa shape index (κ1) is 17.4. The monoisotopic (exact) mass is 336 g/mol. The molecule has 2 aromatic carbocycles. The minimum Gasteiger partial charge on any atom is -0.379 e. The third kappa shape index (κ3) is 5.28. The highest BCUT2D eigenvalue weighted by Gasteiger charge is 2.22. The molecular weight excluding hydrogens is 312 g/mol. The number of morpholine rings is 1. The Labute approximate surface area is 149 Å². The molecule has 1 aliphatic heterocycles. The Balaban J connectivity index is 1.62. The van der Waals surface area contributed by atoms with Gasteiger partial charge in [-0.3, -0.25) is 9.69 Å². The summed E-state index contributed by atoms with van der Waals surface area (Å²) >= 11 is 0. The number of ether oxygens (including phenoxy) is 1. The van der Waals surface area contributed by atoms with Crippen LogP contribution in [0.3, 0.4) is 0 Å². The van der Waals surface area contributed by atoms with E-state index in [9.17, 15) is 4.79 Å². The second-order valence-electron chi connectivity index (χ2n) is 6.06. The van der Waals surface area contributed by atoms with Crippen LogP contribution in [0.5, 0.6) is 0 Å². The van der Waals surface area contributed by atoms with E-state index in [0.717, 1.165) is 31.9 Å². The molecule has 0 spiro atoms. The average molecular weight is 336 g/mol. The molecule has 25 heavy (non-hydrogen) atoms. The van der Waals surface area contributed by atoms with Crippen molar-refractivity contribution in [3.63, 3.8) is 0 Å². The summed E-state index contributed by atoms with van der Waals surface area (Å²) in [5.41, 5.74) is 2.24. The standard InChI is InChI=1S/C21H24N2O2/c24-21(12-11-18-7-3-1-4-8-18)22-17-20(19-9-5-2-6-10-19)23-13-15-25-16-14-23/h1-12,20H,13-17H2,(H,22,24)/b12-11+. The molecule has 0 saturated carbocycles. The fraction of sp³-hybridized carbons (Fsp3) is 0.286. The second kappa shape index (κ2) is 9.16. The number of hydrogen-bond donors (Lipinski definition) is 1. The zero-order valence-corrected chi connectivity index (χ0v) is 14.3. The third-order valence-electron chi connectivity index (χ3n) is 4.37. The lowest BCUT2D eigenvalue weighted by molar-refractivity contribution is -0.116. The summed E-state index contributed by atoms with van der Waals surface area (Å²) in [5, 5.41) is 3.04. The maximum atomic E-state index is 12.2. The van der Waals surface area contributed by atoms with E-state index in [1.54, 1.807) is 6.08 Å². The van der Waals surface area contributed by atoms with E-state index in [4.69, 9.17) is 4.74 Å². The molecule has 0 radical (unpaired) electrons. The SMILES string of the molecule is O=C(/C=C/c1ccccc1)NCC(c1ccccc1)N1CCOCC1. The van der Waals surface area contributed by atoms with Crippen LogP contribution < -0.4 is 5.32 Å². The molecule has 2 aromatic rings. The summed E-state index contributed by atoms with van der Waals surface area (Å²) in [7, 11) is 0. The van der Waals surface area contributed by atoms with E-state index in [-0.39, 0.29) is 11.9 Å². The van der Waals surface area contributed by atoms with Gasteiger partial charge in [-0.25, -0.2) is 0 Å². The predicted octanol–water partition coefficient (Wildman–Crippen LogP) is 2.89. The fourth-order valence-electron chi connectivity index (χ4n) is 3.01. The third-order valence-corrected chi connectivity index (χ3v) is 4.37. The Morgan fingerprint density at radius 1 is 1.04 bits per heavy atom. The largest absolute Gasteiger partial charge is 0.379 e. The van der Waals surface area contributed by atoms with Crippen LogP contribution >= 0.6 is 0 Å². The Bertz CT molecular complexity index is 680. The van der Waals surface area contributed by atoms with E-state index < -0.39 is 0 Å². The van der Waals surface area contributed by atoms with E-state index in [2.05, 4.69) is 22.3 Å². The van der Waals surface area contributed by atoms with Gasteiger partial charge in [0.1, 0.15) is 0 Å². The lowest BCUT2D eigenvalue weighted by atomic mass is 10.0. The summed E-state index contributed by atoms with van der Waals surface area (Å²) in [6, 6.07) is 20.3. The van der Waals surface area contributed by atoms with Crippen molar-refractivity contribution in [2.24, 2.45) is 0 Å². The van der Waals surface area contributed by atoms with Crippen molar-refractivity contribution >= 4 is 12.0 Å². The fourth-order valence-corrected chi connectivity index (χ4v) is 3.01. The molecule has 0 aliphatic carbocycles. The smallest absolute Gasteiger partial charge is 0.244 e. The number of amides is 1. The summed E-state index contributed by atoms with van der Waals surface area (Å²) < 4.78 is 5.46. The average Bonchev–Trinajstić information content (AvgIpc) is 2.69. The van der Waals surface area contributed by atoms with Crippen LogP contribution in [-0.2, 0) is 9.53 Å². The Morgan fingerprint density at radius 3 is 2.36 bits per heavy atom. The highest BCUT2D eigenvalue weighted by molar-refractivity contribution is 5.91. The van der Waals surface area contributed by atoms with Crippen molar-refractivity contribution in [1.29, 1.82) is 0 Å². The van der Waals surface area contributed by atoms with Gasteiger partial charge in [0.05, 0.1) is 19.3 Å².